The number of carbonyl (C=O) groups is 2. The van der Waals surface area contributed by atoms with Gasteiger partial charge in [0.2, 0.25) is 5.90 Å². The molecule has 7 nitrogen and oxygen atoms in total. The van der Waals surface area contributed by atoms with Crippen molar-refractivity contribution in [3.8, 4) is 0 Å². The highest BCUT2D eigenvalue weighted by atomic mass is 16.5. The van der Waals surface area contributed by atoms with Gasteiger partial charge in [-0.3, -0.25) is 14.5 Å². The van der Waals surface area contributed by atoms with E-state index in [1.807, 2.05) is 32.0 Å². The smallest absolute Gasteiger partial charge is 0.277 e. The fourth-order valence-electron chi connectivity index (χ4n) is 2.53. The van der Waals surface area contributed by atoms with Crippen molar-refractivity contribution >= 4 is 23.4 Å². The Bertz CT molecular complexity index is 752. The van der Waals surface area contributed by atoms with Crippen molar-refractivity contribution in [2.45, 2.75) is 19.4 Å². The summed E-state index contributed by atoms with van der Waals surface area (Å²) in [7, 11) is 0. The van der Waals surface area contributed by atoms with Crippen LogP contribution in [0.1, 0.15) is 19.4 Å². The lowest BCUT2D eigenvalue weighted by Crippen LogP contribution is -2.34. The van der Waals surface area contributed by atoms with Crippen LogP contribution in [0.2, 0.25) is 0 Å². The molecule has 0 aliphatic carbocycles. The second-order valence-electron chi connectivity index (χ2n) is 6.30. The summed E-state index contributed by atoms with van der Waals surface area (Å²) >= 11 is 0. The molecule has 2 N–H and O–H groups in total. The summed E-state index contributed by atoms with van der Waals surface area (Å²) in [6.45, 7) is 4.23. The monoisotopic (exact) mass is 329 g/mol. The van der Waals surface area contributed by atoms with E-state index in [1.165, 1.54) is 6.08 Å². The number of hydrogen-bond acceptors (Lipinski definition) is 6. The molecule has 0 spiro atoms. The molecular weight excluding hydrogens is 310 g/mol. The van der Waals surface area contributed by atoms with Crippen LogP contribution in [0.4, 0.5) is 5.69 Å². The Morgan fingerprint density at radius 3 is 2.83 bits per heavy atom. The zero-order chi connectivity index (χ0) is 17.3. The summed E-state index contributed by atoms with van der Waals surface area (Å²) in [6.07, 6.45) is 1.23. The highest BCUT2D eigenvalue weighted by Gasteiger charge is 2.31. The van der Waals surface area contributed by atoms with Crippen molar-refractivity contribution in [1.29, 1.82) is 0 Å². The van der Waals surface area contributed by atoms with Crippen LogP contribution >= 0.6 is 0 Å². The van der Waals surface area contributed by atoms with E-state index < -0.39 is 11.8 Å². The van der Waals surface area contributed by atoms with Crippen LogP contribution in [0.3, 0.4) is 0 Å². The van der Waals surface area contributed by atoms with Crippen molar-refractivity contribution in [3.63, 3.8) is 0 Å². The fourth-order valence-corrected chi connectivity index (χ4v) is 2.53. The van der Waals surface area contributed by atoms with Gasteiger partial charge < -0.3 is 15.2 Å². The molecule has 2 aliphatic heterocycles. The number of nitrogens with one attached hydrogen (secondary N) is 1. The van der Waals surface area contributed by atoms with E-state index in [1.54, 1.807) is 6.07 Å². The van der Waals surface area contributed by atoms with Crippen molar-refractivity contribution in [1.82, 2.24) is 4.90 Å². The third-order valence-corrected chi connectivity index (χ3v) is 3.69. The minimum absolute atomic E-state index is 0.0148. The number of imide groups is 1. The van der Waals surface area contributed by atoms with Gasteiger partial charge in [-0.25, -0.2) is 4.99 Å². The topological polar surface area (TPSA) is 91.2 Å². The molecule has 24 heavy (non-hydrogen) atoms. The minimum Gasteiger partial charge on any atom is -0.475 e. The van der Waals surface area contributed by atoms with Gasteiger partial charge >= 0.3 is 0 Å². The van der Waals surface area contributed by atoms with Crippen LogP contribution in [-0.4, -0.2) is 53.0 Å². The molecule has 0 fully saturated rings. The van der Waals surface area contributed by atoms with Gasteiger partial charge in [0.15, 0.2) is 0 Å². The number of rotatable bonds is 5. The third-order valence-electron chi connectivity index (χ3n) is 3.69. The summed E-state index contributed by atoms with van der Waals surface area (Å²) in [5.74, 6) is -0.318. The van der Waals surface area contributed by atoms with Gasteiger partial charge in [0.25, 0.3) is 11.8 Å². The number of aliphatic hydroxyl groups is 1. The number of aliphatic hydroxyl groups excluding tert-OH is 1. The van der Waals surface area contributed by atoms with E-state index in [4.69, 9.17) is 9.84 Å². The Morgan fingerprint density at radius 2 is 2.17 bits per heavy atom. The minimum atomic E-state index is -0.449. The number of nitrogens with zero attached hydrogens (tertiary/aromatic N) is 2. The van der Waals surface area contributed by atoms with Crippen LogP contribution < -0.4 is 5.32 Å². The van der Waals surface area contributed by atoms with E-state index in [0.29, 0.717) is 18.2 Å². The second kappa shape index (κ2) is 6.09. The number of β-amino-alcohol motifs (C(OH)–C–C–N with tert-alkyl or cyclic N) is 1. The molecule has 126 valence electrons. The summed E-state index contributed by atoms with van der Waals surface area (Å²) in [5, 5.41) is 11.9. The number of hydrogen-bond donors (Lipinski definition) is 2. The molecule has 0 saturated carbocycles. The number of ether oxygens (including phenoxy) is 1. The number of aliphatic imine (C=N–C) groups is 1. The number of benzene rings is 1. The van der Waals surface area contributed by atoms with E-state index >= 15 is 0 Å². The highest BCUT2D eigenvalue weighted by molar-refractivity contribution is 6.17. The largest absolute Gasteiger partial charge is 0.475 e. The van der Waals surface area contributed by atoms with E-state index in [2.05, 4.69) is 10.3 Å². The maximum atomic E-state index is 12.2. The van der Waals surface area contributed by atoms with Gasteiger partial charge in [-0.15, -0.1) is 0 Å². The molecule has 2 aliphatic rings. The van der Waals surface area contributed by atoms with Crippen molar-refractivity contribution in [2.24, 2.45) is 4.99 Å². The SMILES string of the molecule is CC1(C)COC(c2cccc(NC3=CC(=O)N(CCO)C3=O)c2)=N1. The summed E-state index contributed by atoms with van der Waals surface area (Å²) in [5.41, 5.74) is 1.39. The van der Waals surface area contributed by atoms with E-state index in [-0.39, 0.29) is 24.4 Å². The van der Waals surface area contributed by atoms with Crippen LogP contribution in [0.5, 0.6) is 0 Å². The van der Waals surface area contributed by atoms with E-state index in [9.17, 15) is 9.59 Å². The molecule has 0 atom stereocenters. The molecule has 0 unspecified atom stereocenters. The van der Waals surface area contributed by atoms with Crippen molar-refractivity contribution in [3.05, 3.63) is 41.6 Å². The average molecular weight is 329 g/mol. The Morgan fingerprint density at radius 1 is 1.38 bits per heavy atom. The van der Waals surface area contributed by atoms with Gasteiger partial charge in [-0.2, -0.15) is 0 Å². The van der Waals surface area contributed by atoms with Crippen LogP contribution in [0, 0.1) is 0 Å². The lowest BCUT2D eigenvalue weighted by molar-refractivity contribution is -0.137. The first-order valence-corrected chi connectivity index (χ1v) is 7.68. The Kier molecular flexibility index (Phi) is 4.11. The molecular formula is C17H19N3O4. The lowest BCUT2D eigenvalue weighted by Gasteiger charge is -2.13. The molecule has 1 aromatic rings. The first-order chi connectivity index (χ1) is 11.4. The molecule has 0 bridgehead atoms. The summed E-state index contributed by atoms with van der Waals surface area (Å²) in [4.78, 5) is 29.4. The average Bonchev–Trinajstić information content (AvgIpc) is 3.02. The fraction of sp³-hybridized carbons (Fsp3) is 0.353. The summed E-state index contributed by atoms with van der Waals surface area (Å²) in [6, 6.07) is 7.30. The standard InChI is InChI=1S/C17H19N3O4/c1-17(2)10-24-15(19-17)11-4-3-5-12(8-11)18-13-9-14(22)20(6-7-21)16(13)23/h3-5,8-9,18,21H,6-7,10H2,1-2H3. The normalized spacial score (nSPS) is 19.2. The molecule has 7 heteroatoms. The molecule has 0 saturated heterocycles. The van der Waals surface area contributed by atoms with Gasteiger partial charge in [0.05, 0.1) is 18.7 Å². The number of amides is 2. The molecule has 2 amide bonds. The first kappa shape index (κ1) is 16.2. The quantitative estimate of drug-likeness (QED) is 0.783. The van der Waals surface area contributed by atoms with Gasteiger partial charge in [-0.05, 0) is 32.0 Å². The first-order valence-electron chi connectivity index (χ1n) is 7.68. The number of carbonyl (C=O) groups excluding carboxylic acids is 2. The second-order valence-corrected chi connectivity index (χ2v) is 6.30. The Balaban J connectivity index is 1.78. The van der Waals surface area contributed by atoms with Crippen LogP contribution in [-0.2, 0) is 14.3 Å². The Hall–Kier alpha value is -2.67. The van der Waals surface area contributed by atoms with Gasteiger partial charge in [-0.1, -0.05) is 6.07 Å². The maximum absolute atomic E-state index is 12.2. The molecule has 2 heterocycles. The predicted octanol–water partition coefficient (Wildman–Crippen LogP) is 0.899. The van der Waals surface area contributed by atoms with E-state index in [0.717, 1.165) is 10.5 Å². The Labute approximate surface area is 139 Å². The molecule has 3 rings (SSSR count). The van der Waals surface area contributed by atoms with Crippen molar-refractivity contribution < 1.29 is 19.4 Å². The predicted molar refractivity (Wildman–Crippen MR) is 88.5 cm³/mol. The van der Waals surface area contributed by atoms with Crippen LogP contribution in [0.25, 0.3) is 0 Å². The lowest BCUT2D eigenvalue weighted by atomic mass is 10.1. The van der Waals surface area contributed by atoms with Gasteiger partial charge in [0, 0.05) is 17.3 Å². The van der Waals surface area contributed by atoms with Gasteiger partial charge in [0.1, 0.15) is 12.3 Å². The zero-order valence-corrected chi connectivity index (χ0v) is 13.6. The molecule has 0 aromatic heterocycles. The molecule has 1 aromatic carbocycles. The zero-order valence-electron chi connectivity index (χ0n) is 13.6. The molecule has 0 radical (unpaired) electrons. The highest BCUT2D eigenvalue weighted by Crippen LogP contribution is 2.23. The number of anilines is 1. The maximum Gasteiger partial charge on any atom is 0.277 e. The third kappa shape index (κ3) is 3.16. The summed E-state index contributed by atoms with van der Waals surface area (Å²) < 4.78 is 5.62. The van der Waals surface area contributed by atoms with Crippen LogP contribution in [0.15, 0.2) is 41.0 Å². The van der Waals surface area contributed by atoms with Crippen molar-refractivity contribution in [2.75, 3.05) is 25.1 Å².